The molecular weight excluding hydrogens is 179 g/mol. The largest absolute Gasteiger partial charge is 0.311 e. The van der Waals surface area contributed by atoms with Crippen molar-refractivity contribution in [3.05, 3.63) is 0 Å². The Labute approximate surface area is 86.9 Å². The first-order valence-corrected chi connectivity index (χ1v) is 5.68. The summed E-state index contributed by atoms with van der Waals surface area (Å²) >= 11 is 0. The molecule has 0 spiro atoms. The predicted octanol–water partition coefficient (Wildman–Crippen LogP) is 1.66. The summed E-state index contributed by atoms with van der Waals surface area (Å²) in [6, 6.07) is 1.13. The molecule has 0 aromatic rings. The molecule has 0 bridgehead atoms. The van der Waals surface area contributed by atoms with Gasteiger partial charge in [0.1, 0.15) is 0 Å². The van der Waals surface area contributed by atoms with Crippen LogP contribution in [0.15, 0.2) is 0 Å². The van der Waals surface area contributed by atoms with E-state index in [1.54, 1.807) is 0 Å². The van der Waals surface area contributed by atoms with Crippen molar-refractivity contribution in [1.82, 2.24) is 10.2 Å². The number of nitrogens with zero attached hydrogens (tertiary/aromatic N) is 1. The van der Waals surface area contributed by atoms with Gasteiger partial charge in [0.05, 0.1) is 6.67 Å². The summed E-state index contributed by atoms with van der Waals surface area (Å²) in [7, 11) is 0. The second kappa shape index (κ2) is 5.66. The fourth-order valence-electron chi connectivity index (χ4n) is 2.18. The van der Waals surface area contributed by atoms with Gasteiger partial charge in [-0.1, -0.05) is 13.8 Å². The normalized spacial score (nSPS) is 29.8. The SMILES string of the molecule is CC1CN(CCCF)C(C(C)C)CN1. The molecule has 1 aliphatic heterocycles. The van der Waals surface area contributed by atoms with Crippen molar-refractivity contribution in [2.24, 2.45) is 5.92 Å². The monoisotopic (exact) mass is 202 g/mol. The van der Waals surface area contributed by atoms with E-state index in [0.29, 0.717) is 24.4 Å². The molecule has 1 saturated heterocycles. The Morgan fingerprint density at radius 3 is 2.79 bits per heavy atom. The van der Waals surface area contributed by atoms with E-state index in [4.69, 9.17) is 0 Å². The van der Waals surface area contributed by atoms with Gasteiger partial charge in [-0.2, -0.15) is 0 Å². The van der Waals surface area contributed by atoms with E-state index in [1.165, 1.54) is 0 Å². The van der Waals surface area contributed by atoms with Crippen molar-refractivity contribution in [3.8, 4) is 0 Å². The van der Waals surface area contributed by atoms with Crippen molar-refractivity contribution in [1.29, 1.82) is 0 Å². The second-order valence-electron chi connectivity index (χ2n) is 4.66. The number of rotatable bonds is 4. The van der Waals surface area contributed by atoms with Crippen LogP contribution < -0.4 is 5.32 Å². The van der Waals surface area contributed by atoms with Gasteiger partial charge in [-0.05, 0) is 19.3 Å². The lowest BCUT2D eigenvalue weighted by molar-refractivity contribution is 0.0993. The van der Waals surface area contributed by atoms with Gasteiger partial charge in [0, 0.05) is 31.7 Å². The summed E-state index contributed by atoms with van der Waals surface area (Å²) in [5, 5.41) is 3.48. The molecule has 3 heteroatoms. The molecule has 2 unspecified atom stereocenters. The third-order valence-electron chi connectivity index (χ3n) is 3.00. The fourth-order valence-corrected chi connectivity index (χ4v) is 2.18. The minimum absolute atomic E-state index is 0.191. The fraction of sp³-hybridized carbons (Fsp3) is 1.00. The summed E-state index contributed by atoms with van der Waals surface area (Å²) < 4.78 is 12.1. The van der Waals surface area contributed by atoms with E-state index < -0.39 is 0 Å². The molecule has 2 nitrogen and oxygen atoms in total. The second-order valence-corrected chi connectivity index (χ2v) is 4.66. The van der Waals surface area contributed by atoms with Gasteiger partial charge < -0.3 is 5.32 Å². The van der Waals surface area contributed by atoms with E-state index >= 15 is 0 Å². The molecule has 0 aliphatic carbocycles. The minimum Gasteiger partial charge on any atom is -0.311 e. The van der Waals surface area contributed by atoms with Crippen LogP contribution in [-0.2, 0) is 0 Å². The summed E-state index contributed by atoms with van der Waals surface area (Å²) in [5.74, 6) is 0.648. The van der Waals surface area contributed by atoms with Crippen LogP contribution >= 0.6 is 0 Å². The van der Waals surface area contributed by atoms with Crippen molar-refractivity contribution in [2.75, 3.05) is 26.3 Å². The van der Waals surface area contributed by atoms with Gasteiger partial charge in [-0.25, -0.2) is 0 Å². The number of halogens is 1. The Morgan fingerprint density at radius 1 is 1.50 bits per heavy atom. The average Bonchev–Trinajstić information content (AvgIpc) is 2.14. The van der Waals surface area contributed by atoms with E-state index in [-0.39, 0.29) is 6.67 Å². The third-order valence-corrected chi connectivity index (χ3v) is 3.00. The Kier molecular flexibility index (Phi) is 4.82. The number of piperazine rings is 1. The highest BCUT2D eigenvalue weighted by Gasteiger charge is 2.27. The number of alkyl halides is 1. The molecule has 2 atom stereocenters. The van der Waals surface area contributed by atoms with E-state index in [0.717, 1.165) is 19.6 Å². The van der Waals surface area contributed by atoms with Crippen LogP contribution in [-0.4, -0.2) is 43.3 Å². The highest BCUT2D eigenvalue weighted by atomic mass is 19.1. The highest BCUT2D eigenvalue weighted by Crippen LogP contribution is 2.15. The average molecular weight is 202 g/mol. The molecule has 0 aromatic carbocycles. The van der Waals surface area contributed by atoms with Gasteiger partial charge in [-0.15, -0.1) is 0 Å². The maximum absolute atomic E-state index is 12.1. The lowest BCUT2D eigenvalue weighted by Crippen LogP contribution is -2.57. The van der Waals surface area contributed by atoms with Gasteiger partial charge in [-0.3, -0.25) is 9.29 Å². The molecule has 0 radical (unpaired) electrons. The maximum atomic E-state index is 12.1. The molecule has 1 N–H and O–H groups in total. The summed E-state index contributed by atoms with van der Waals surface area (Å²) in [6.45, 7) is 9.50. The van der Waals surface area contributed by atoms with Crippen LogP contribution in [0.4, 0.5) is 4.39 Å². The first-order valence-electron chi connectivity index (χ1n) is 5.68. The van der Waals surface area contributed by atoms with Crippen molar-refractivity contribution >= 4 is 0 Å². The minimum atomic E-state index is -0.191. The molecule has 0 saturated carbocycles. The smallest absolute Gasteiger partial charge is 0.0906 e. The Balaban J connectivity index is 2.45. The standard InChI is InChI=1S/C11H23FN2/c1-9(2)11-7-13-10(3)8-14(11)6-4-5-12/h9-11,13H,4-8H2,1-3H3. The zero-order valence-corrected chi connectivity index (χ0v) is 9.59. The van der Waals surface area contributed by atoms with Crippen LogP contribution in [0.2, 0.25) is 0 Å². The van der Waals surface area contributed by atoms with E-state index in [1.807, 2.05) is 0 Å². The lowest BCUT2D eigenvalue weighted by Gasteiger charge is -2.41. The van der Waals surface area contributed by atoms with Crippen LogP contribution in [0.1, 0.15) is 27.2 Å². The van der Waals surface area contributed by atoms with Crippen LogP contribution in [0, 0.1) is 5.92 Å². The van der Waals surface area contributed by atoms with Crippen LogP contribution in [0.5, 0.6) is 0 Å². The summed E-state index contributed by atoms with van der Waals surface area (Å²) in [5.41, 5.74) is 0. The van der Waals surface area contributed by atoms with E-state index in [9.17, 15) is 4.39 Å². The zero-order chi connectivity index (χ0) is 10.6. The number of hydrogen-bond donors (Lipinski definition) is 1. The molecule has 1 heterocycles. The Morgan fingerprint density at radius 2 is 2.21 bits per heavy atom. The Bertz CT molecular complexity index is 161. The topological polar surface area (TPSA) is 15.3 Å². The van der Waals surface area contributed by atoms with Crippen LogP contribution in [0.25, 0.3) is 0 Å². The Hall–Kier alpha value is -0.150. The molecule has 1 fully saturated rings. The first-order chi connectivity index (χ1) is 6.65. The number of nitrogens with one attached hydrogen (secondary N) is 1. The van der Waals surface area contributed by atoms with Crippen molar-refractivity contribution < 1.29 is 4.39 Å². The molecular formula is C11H23FN2. The van der Waals surface area contributed by atoms with E-state index in [2.05, 4.69) is 31.0 Å². The third kappa shape index (κ3) is 3.21. The molecule has 14 heavy (non-hydrogen) atoms. The zero-order valence-electron chi connectivity index (χ0n) is 9.59. The van der Waals surface area contributed by atoms with Gasteiger partial charge >= 0.3 is 0 Å². The quantitative estimate of drug-likeness (QED) is 0.746. The molecule has 84 valence electrons. The summed E-state index contributed by atoms with van der Waals surface area (Å²) in [4.78, 5) is 2.44. The first kappa shape index (κ1) is 11.9. The van der Waals surface area contributed by atoms with Crippen molar-refractivity contribution in [2.45, 2.75) is 39.3 Å². The van der Waals surface area contributed by atoms with Gasteiger partial charge in [0.2, 0.25) is 0 Å². The summed E-state index contributed by atoms with van der Waals surface area (Å²) in [6.07, 6.45) is 0.677. The molecule has 1 rings (SSSR count). The molecule has 0 amide bonds. The van der Waals surface area contributed by atoms with Crippen molar-refractivity contribution in [3.63, 3.8) is 0 Å². The van der Waals surface area contributed by atoms with Gasteiger partial charge in [0.25, 0.3) is 0 Å². The van der Waals surface area contributed by atoms with Crippen LogP contribution in [0.3, 0.4) is 0 Å². The molecule has 0 aromatic heterocycles. The number of hydrogen-bond acceptors (Lipinski definition) is 2. The lowest BCUT2D eigenvalue weighted by atomic mass is 9.98. The maximum Gasteiger partial charge on any atom is 0.0906 e. The molecule has 1 aliphatic rings. The predicted molar refractivity (Wildman–Crippen MR) is 58.3 cm³/mol. The van der Waals surface area contributed by atoms with Gasteiger partial charge in [0.15, 0.2) is 0 Å². The highest BCUT2D eigenvalue weighted by molar-refractivity contribution is 4.85.